The molecule has 0 fully saturated rings. The average molecular weight is 276 g/mol. The van der Waals surface area contributed by atoms with E-state index in [0.29, 0.717) is 11.4 Å². The lowest BCUT2D eigenvalue weighted by Crippen LogP contribution is -2.37. The van der Waals surface area contributed by atoms with Crippen LogP contribution in [-0.2, 0) is 9.59 Å². The summed E-state index contributed by atoms with van der Waals surface area (Å²) in [5.41, 5.74) is 6.60. The Kier molecular flexibility index (Phi) is 4.01. The Balaban J connectivity index is 2.08. The zero-order valence-corrected chi connectivity index (χ0v) is 10.3. The lowest BCUT2D eigenvalue weighted by atomic mass is 10.2. The van der Waals surface area contributed by atoms with Crippen molar-refractivity contribution in [3.63, 3.8) is 0 Å². The van der Waals surface area contributed by atoms with Crippen LogP contribution in [0.15, 0.2) is 30.6 Å². The van der Waals surface area contributed by atoms with Gasteiger partial charge in [0.25, 0.3) is 0 Å². The van der Waals surface area contributed by atoms with E-state index in [1.807, 2.05) is 0 Å². The summed E-state index contributed by atoms with van der Waals surface area (Å²) < 4.78 is 1.42. The van der Waals surface area contributed by atoms with Gasteiger partial charge in [-0.1, -0.05) is 6.07 Å². The molecule has 0 aliphatic carbocycles. The van der Waals surface area contributed by atoms with Crippen LogP contribution in [0.2, 0.25) is 0 Å². The number of rotatable bonds is 5. The Morgan fingerprint density at radius 2 is 2.25 bits per heavy atom. The summed E-state index contributed by atoms with van der Waals surface area (Å²) in [7, 11) is 0. The zero-order valence-electron chi connectivity index (χ0n) is 10.3. The van der Waals surface area contributed by atoms with Gasteiger partial charge in [-0.05, 0) is 28.6 Å². The average Bonchev–Trinajstić information content (AvgIpc) is 2.92. The number of carboxylic acids is 1. The van der Waals surface area contributed by atoms with Crippen molar-refractivity contribution in [3.05, 3.63) is 30.6 Å². The number of carbonyl (C=O) groups excluding carboxylic acids is 1. The fourth-order valence-electron chi connectivity index (χ4n) is 1.52. The summed E-state index contributed by atoms with van der Waals surface area (Å²) in [5.74, 6) is -1.70. The second-order valence-corrected chi connectivity index (χ2v) is 4.00. The molecule has 1 atom stereocenters. The number of hydrogen-bond acceptors (Lipinski definition) is 6. The number of nitrogens with one attached hydrogen (secondary N) is 1. The zero-order chi connectivity index (χ0) is 14.5. The molecule has 0 aliphatic rings. The van der Waals surface area contributed by atoms with E-state index in [-0.39, 0.29) is 0 Å². The molecule has 1 heterocycles. The highest BCUT2D eigenvalue weighted by Crippen LogP contribution is 2.13. The summed E-state index contributed by atoms with van der Waals surface area (Å²) in [6.07, 6.45) is 0.982. The first kappa shape index (κ1) is 13.6. The highest BCUT2D eigenvalue weighted by atomic mass is 16.4. The topological polar surface area (TPSA) is 136 Å². The number of tetrazole rings is 1. The minimum Gasteiger partial charge on any atom is -0.481 e. The van der Waals surface area contributed by atoms with Crippen molar-refractivity contribution in [1.82, 2.24) is 20.2 Å². The van der Waals surface area contributed by atoms with Crippen LogP contribution < -0.4 is 11.1 Å². The van der Waals surface area contributed by atoms with Crippen LogP contribution >= 0.6 is 0 Å². The van der Waals surface area contributed by atoms with Gasteiger partial charge in [0, 0.05) is 5.69 Å². The normalized spacial score (nSPS) is 11.8. The van der Waals surface area contributed by atoms with Gasteiger partial charge in [-0.2, -0.15) is 0 Å². The predicted molar refractivity (Wildman–Crippen MR) is 68.0 cm³/mol. The number of nitrogens with two attached hydrogens (primary N) is 1. The summed E-state index contributed by atoms with van der Waals surface area (Å²) >= 11 is 0. The Hall–Kier alpha value is -2.81. The fraction of sp³-hybridized carbons (Fsp3) is 0.182. The Morgan fingerprint density at radius 3 is 2.90 bits per heavy atom. The summed E-state index contributed by atoms with van der Waals surface area (Å²) in [6, 6.07) is 5.64. The molecule has 1 aromatic carbocycles. The van der Waals surface area contributed by atoms with Gasteiger partial charge in [-0.25, -0.2) is 4.68 Å². The number of amides is 1. The van der Waals surface area contributed by atoms with Crippen molar-refractivity contribution in [2.24, 2.45) is 5.73 Å². The maximum Gasteiger partial charge on any atom is 0.305 e. The molecule has 0 bridgehead atoms. The number of nitrogens with zero attached hydrogens (tertiary/aromatic N) is 4. The molecule has 2 aromatic rings. The minimum atomic E-state index is -1.13. The van der Waals surface area contributed by atoms with Gasteiger partial charge in [0.15, 0.2) is 0 Å². The molecule has 20 heavy (non-hydrogen) atoms. The van der Waals surface area contributed by atoms with Crippen molar-refractivity contribution < 1.29 is 14.7 Å². The molecule has 0 saturated carbocycles. The second kappa shape index (κ2) is 5.89. The van der Waals surface area contributed by atoms with E-state index in [4.69, 9.17) is 10.8 Å². The second-order valence-electron chi connectivity index (χ2n) is 4.00. The predicted octanol–water partition coefficient (Wildman–Crippen LogP) is -0.597. The van der Waals surface area contributed by atoms with Crippen molar-refractivity contribution in [1.29, 1.82) is 0 Å². The van der Waals surface area contributed by atoms with E-state index in [2.05, 4.69) is 20.8 Å². The van der Waals surface area contributed by atoms with Crippen LogP contribution in [0.5, 0.6) is 0 Å². The molecule has 1 unspecified atom stereocenters. The van der Waals surface area contributed by atoms with E-state index in [9.17, 15) is 9.59 Å². The standard InChI is InChI=1S/C11H12N6O3/c12-9(5-10(18)19)11(20)14-7-2-1-3-8(4-7)17-6-13-15-16-17/h1-4,6,9H,5,12H2,(H,14,20)(H,18,19). The summed E-state index contributed by atoms with van der Waals surface area (Å²) in [4.78, 5) is 22.2. The van der Waals surface area contributed by atoms with Crippen molar-refractivity contribution in [2.75, 3.05) is 5.32 Å². The smallest absolute Gasteiger partial charge is 0.305 e. The monoisotopic (exact) mass is 276 g/mol. The van der Waals surface area contributed by atoms with Gasteiger partial charge >= 0.3 is 5.97 Å². The number of aromatic nitrogens is 4. The first-order valence-corrected chi connectivity index (χ1v) is 5.68. The molecular formula is C11H12N6O3. The molecule has 0 aliphatic heterocycles. The Bertz CT molecular complexity index is 612. The molecule has 1 amide bonds. The van der Waals surface area contributed by atoms with Crippen LogP contribution in [0.3, 0.4) is 0 Å². The Morgan fingerprint density at radius 1 is 1.45 bits per heavy atom. The number of anilines is 1. The quantitative estimate of drug-likeness (QED) is 0.663. The first-order valence-electron chi connectivity index (χ1n) is 5.68. The van der Waals surface area contributed by atoms with Crippen LogP contribution in [-0.4, -0.2) is 43.2 Å². The third-order valence-corrected chi connectivity index (χ3v) is 2.46. The molecule has 0 spiro atoms. The van der Waals surface area contributed by atoms with E-state index in [1.54, 1.807) is 24.3 Å². The van der Waals surface area contributed by atoms with Gasteiger partial charge in [-0.15, -0.1) is 5.10 Å². The van der Waals surface area contributed by atoms with E-state index in [0.717, 1.165) is 0 Å². The van der Waals surface area contributed by atoms with Gasteiger partial charge in [0.2, 0.25) is 5.91 Å². The molecule has 2 rings (SSSR count). The molecule has 9 nitrogen and oxygen atoms in total. The highest BCUT2D eigenvalue weighted by Gasteiger charge is 2.17. The van der Waals surface area contributed by atoms with Crippen molar-refractivity contribution >= 4 is 17.6 Å². The number of hydrogen-bond donors (Lipinski definition) is 3. The minimum absolute atomic E-state index is 0.432. The molecular weight excluding hydrogens is 264 g/mol. The number of carboxylic acid groups (broad SMARTS) is 1. The summed E-state index contributed by atoms with van der Waals surface area (Å²) in [5, 5.41) is 21.9. The van der Waals surface area contributed by atoms with Crippen molar-refractivity contribution in [3.8, 4) is 5.69 Å². The van der Waals surface area contributed by atoms with Crippen LogP contribution in [0.4, 0.5) is 5.69 Å². The van der Waals surface area contributed by atoms with Gasteiger partial charge < -0.3 is 16.2 Å². The largest absolute Gasteiger partial charge is 0.481 e. The van der Waals surface area contributed by atoms with Crippen LogP contribution in [0.25, 0.3) is 5.69 Å². The maximum atomic E-state index is 11.7. The van der Waals surface area contributed by atoms with Gasteiger partial charge in [-0.3, -0.25) is 9.59 Å². The van der Waals surface area contributed by atoms with Crippen LogP contribution in [0, 0.1) is 0 Å². The summed E-state index contributed by atoms with van der Waals surface area (Å²) in [6.45, 7) is 0. The third kappa shape index (κ3) is 3.36. The molecule has 0 saturated heterocycles. The molecule has 0 radical (unpaired) electrons. The third-order valence-electron chi connectivity index (χ3n) is 2.46. The lowest BCUT2D eigenvalue weighted by molar-refractivity contribution is -0.138. The maximum absolute atomic E-state index is 11.7. The first-order chi connectivity index (χ1) is 9.56. The van der Waals surface area contributed by atoms with Gasteiger partial charge in [0.05, 0.1) is 18.2 Å². The number of aliphatic carboxylic acids is 1. The van der Waals surface area contributed by atoms with E-state index in [1.165, 1.54) is 11.0 Å². The number of benzene rings is 1. The van der Waals surface area contributed by atoms with E-state index < -0.39 is 24.3 Å². The molecule has 104 valence electrons. The molecule has 1 aromatic heterocycles. The highest BCUT2D eigenvalue weighted by molar-refractivity contribution is 5.96. The number of carbonyl (C=O) groups is 2. The molecule has 4 N–H and O–H groups in total. The Labute approximate surface area is 113 Å². The van der Waals surface area contributed by atoms with Crippen molar-refractivity contribution in [2.45, 2.75) is 12.5 Å². The molecule has 9 heteroatoms. The fourth-order valence-corrected chi connectivity index (χ4v) is 1.52. The van der Waals surface area contributed by atoms with Crippen LogP contribution in [0.1, 0.15) is 6.42 Å². The SMILES string of the molecule is NC(CC(=O)O)C(=O)Nc1cccc(-n2cnnn2)c1. The van der Waals surface area contributed by atoms with Gasteiger partial charge in [0.1, 0.15) is 6.33 Å². The lowest BCUT2D eigenvalue weighted by Gasteiger charge is -2.11. The van der Waals surface area contributed by atoms with E-state index >= 15 is 0 Å².